The molecule has 0 atom stereocenters. The van der Waals surface area contributed by atoms with Crippen molar-refractivity contribution in [2.45, 2.75) is 13.1 Å². The van der Waals surface area contributed by atoms with Gasteiger partial charge in [-0.1, -0.05) is 76.6 Å². The Morgan fingerprint density at radius 3 is 1.76 bits per heavy atom. The van der Waals surface area contributed by atoms with Crippen LogP contribution in [0, 0.1) is 0 Å². The first kappa shape index (κ1) is 20.8. The number of nitrogens with one attached hydrogen (secondary N) is 2. The van der Waals surface area contributed by atoms with Crippen molar-refractivity contribution < 1.29 is 9.59 Å². The van der Waals surface area contributed by atoms with Crippen LogP contribution in [0.5, 0.6) is 0 Å². The first-order valence-corrected chi connectivity index (χ1v) is 10.0. The number of carbonyl (C=O) groups excluding carboxylic acids is 2. The third-order valence-electron chi connectivity index (χ3n) is 4.29. The number of nitrogens with zero attached hydrogens (tertiary/aromatic N) is 1. The van der Waals surface area contributed by atoms with Crippen molar-refractivity contribution in [2.75, 3.05) is 6.54 Å². The van der Waals surface area contributed by atoms with Gasteiger partial charge in [0.15, 0.2) is 0 Å². The van der Waals surface area contributed by atoms with Crippen LogP contribution in [0.4, 0.5) is 0 Å². The fourth-order valence-corrected chi connectivity index (χ4v) is 3.16. The lowest BCUT2D eigenvalue weighted by atomic mass is 10.1. The Morgan fingerprint density at radius 2 is 1.24 bits per heavy atom. The van der Waals surface area contributed by atoms with E-state index >= 15 is 0 Å². The van der Waals surface area contributed by atoms with Crippen LogP contribution in [0.3, 0.4) is 0 Å². The summed E-state index contributed by atoms with van der Waals surface area (Å²) in [5, 5.41) is 0. The van der Waals surface area contributed by atoms with Crippen LogP contribution in [0.25, 0.3) is 0 Å². The zero-order valence-corrected chi connectivity index (χ0v) is 17.4. The van der Waals surface area contributed by atoms with Crippen molar-refractivity contribution in [2.24, 2.45) is 0 Å². The molecule has 3 rings (SSSR count). The number of halogens is 1. The highest BCUT2D eigenvalue weighted by Gasteiger charge is 2.13. The van der Waals surface area contributed by atoms with Crippen molar-refractivity contribution in [3.8, 4) is 0 Å². The smallest absolute Gasteiger partial charge is 0.269 e. The van der Waals surface area contributed by atoms with E-state index in [4.69, 9.17) is 0 Å². The molecule has 148 valence electrons. The van der Waals surface area contributed by atoms with Crippen LogP contribution in [-0.4, -0.2) is 23.3 Å². The normalized spacial score (nSPS) is 10.6. The highest BCUT2D eigenvalue weighted by molar-refractivity contribution is 9.10. The standard InChI is InChI=1S/C23H22BrN3O2/c24-21-13-11-20(12-14-21)23(29)26-25-22(28)17-27(15-18-7-3-1-4-8-18)16-19-9-5-2-6-10-19/h1-14H,15-17H2,(H,25,28)(H,26,29). The molecular weight excluding hydrogens is 430 g/mol. The largest absolute Gasteiger partial charge is 0.286 e. The number of rotatable bonds is 7. The minimum atomic E-state index is -0.358. The van der Waals surface area contributed by atoms with Gasteiger partial charge in [-0.15, -0.1) is 0 Å². The Kier molecular flexibility index (Phi) is 7.55. The maximum absolute atomic E-state index is 12.4. The van der Waals surface area contributed by atoms with Crippen molar-refractivity contribution in [3.63, 3.8) is 0 Å². The van der Waals surface area contributed by atoms with Crippen molar-refractivity contribution in [1.82, 2.24) is 15.8 Å². The Balaban J connectivity index is 1.59. The van der Waals surface area contributed by atoms with Crippen LogP contribution in [0.15, 0.2) is 89.4 Å². The minimum absolute atomic E-state index is 0.157. The molecule has 3 aromatic rings. The number of carbonyl (C=O) groups is 2. The zero-order valence-electron chi connectivity index (χ0n) is 15.8. The van der Waals surface area contributed by atoms with Crippen molar-refractivity contribution in [3.05, 3.63) is 106 Å². The van der Waals surface area contributed by atoms with Gasteiger partial charge in [0.1, 0.15) is 0 Å². The van der Waals surface area contributed by atoms with Gasteiger partial charge in [0, 0.05) is 23.1 Å². The summed E-state index contributed by atoms with van der Waals surface area (Å²) < 4.78 is 0.885. The molecular formula is C23H22BrN3O2. The minimum Gasteiger partial charge on any atom is -0.286 e. The van der Waals surface area contributed by atoms with Gasteiger partial charge in [-0.2, -0.15) is 0 Å². The fraction of sp³-hybridized carbons (Fsp3) is 0.130. The summed E-state index contributed by atoms with van der Waals surface area (Å²) in [6.07, 6.45) is 0. The number of hydrazine groups is 1. The Hall–Kier alpha value is -2.96. The van der Waals surface area contributed by atoms with E-state index in [1.54, 1.807) is 24.3 Å². The second-order valence-corrected chi connectivity index (χ2v) is 7.54. The predicted octanol–water partition coefficient (Wildman–Crippen LogP) is 3.91. The molecule has 0 saturated heterocycles. The lowest BCUT2D eigenvalue weighted by Crippen LogP contribution is -2.46. The van der Waals surface area contributed by atoms with Crippen LogP contribution >= 0.6 is 15.9 Å². The zero-order chi connectivity index (χ0) is 20.5. The average Bonchev–Trinajstić information content (AvgIpc) is 2.74. The van der Waals surface area contributed by atoms with E-state index in [2.05, 4.69) is 26.8 Å². The molecule has 0 radical (unpaired) electrons. The molecule has 0 heterocycles. The lowest BCUT2D eigenvalue weighted by Gasteiger charge is -2.22. The summed E-state index contributed by atoms with van der Waals surface area (Å²) in [7, 11) is 0. The maximum atomic E-state index is 12.4. The molecule has 0 fully saturated rings. The molecule has 0 aromatic heterocycles. The summed E-state index contributed by atoms with van der Waals surface area (Å²) in [5.74, 6) is -0.633. The summed E-state index contributed by atoms with van der Waals surface area (Å²) >= 11 is 3.33. The maximum Gasteiger partial charge on any atom is 0.269 e. The van der Waals surface area contributed by atoms with Crippen LogP contribution < -0.4 is 10.9 Å². The Morgan fingerprint density at radius 1 is 0.724 bits per heavy atom. The summed E-state index contributed by atoms with van der Waals surface area (Å²) in [6, 6.07) is 26.9. The number of hydrogen-bond acceptors (Lipinski definition) is 3. The van der Waals surface area contributed by atoms with E-state index in [-0.39, 0.29) is 18.4 Å². The average molecular weight is 452 g/mol. The van der Waals surface area contributed by atoms with Crippen LogP contribution in [0.2, 0.25) is 0 Å². The number of amides is 2. The third kappa shape index (κ3) is 6.85. The quantitative estimate of drug-likeness (QED) is 0.535. The topological polar surface area (TPSA) is 61.4 Å². The Labute approximate surface area is 178 Å². The molecule has 6 heteroatoms. The SMILES string of the molecule is O=C(CN(Cc1ccccc1)Cc1ccccc1)NNC(=O)c1ccc(Br)cc1. The van der Waals surface area contributed by atoms with E-state index in [1.807, 2.05) is 65.6 Å². The van der Waals surface area contributed by atoms with Gasteiger partial charge < -0.3 is 0 Å². The first-order chi connectivity index (χ1) is 14.1. The van der Waals surface area contributed by atoms with Gasteiger partial charge in [0.05, 0.1) is 6.54 Å². The summed E-state index contributed by atoms with van der Waals surface area (Å²) in [5.41, 5.74) is 7.69. The summed E-state index contributed by atoms with van der Waals surface area (Å²) in [6.45, 7) is 1.41. The molecule has 3 aromatic carbocycles. The highest BCUT2D eigenvalue weighted by atomic mass is 79.9. The van der Waals surface area contributed by atoms with E-state index in [9.17, 15) is 9.59 Å². The summed E-state index contributed by atoms with van der Waals surface area (Å²) in [4.78, 5) is 26.7. The second kappa shape index (κ2) is 10.5. The molecule has 0 aliphatic heterocycles. The number of hydrogen-bond donors (Lipinski definition) is 2. The van der Waals surface area contributed by atoms with E-state index < -0.39 is 0 Å². The molecule has 0 bridgehead atoms. The molecule has 0 spiro atoms. The van der Waals surface area contributed by atoms with Crippen LogP contribution in [0.1, 0.15) is 21.5 Å². The molecule has 29 heavy (non-hydrogen) atoms. The molecule has 2 amide bonds. The Bertz CT molecular complexity index is 890. The molecule has 2 N–H and O–H groups in total. The molecule has 0 unspecified atom stereocenters. The molecule has 5 nitrogen and oxygen atoms in total. The molecule has 0 aliphatic carbocycles. The van der Waals surface area contributed by atoms with Crippen molar-refractivity contribution >= 4 is 27.7 Å². The van der Waals surface area contributed by atoms with Gasteiger partial charge in [-0.05, 0) is 35.4 Å². The van der Waals surface area contributed by atoms with Gasteiger partial charge in [0.25, 0.3) is 11.8 Å². The van der Waals surface area contributed by atoms with Gasteiger partial charge in [0.2, 0.25) is 0 Å². The van der Waals surface area contributed by atoms with E-state index in [0.717, 1.165) is 15.6 Å². The lowest BCUT2D eigenvalue weighted by molar-refractivity contribution is -0.123. The van der Waals surface area contributed by atoms with Crippen molar-refractivity contribution in [1.29, 1.82) is 0 Å². The fourth-order valence-electron chi connectivity index (χ4n) is 2.89. The van der Waals surface area contributed by atoms with Gasteiger partial charge in [-0.3, -0.25) is 25.3 Å². The number of benzene rings is 3. The predicted molar refractivity (Wildman–Crippen MR) is 117 cm³/mol. The van der Waals surface area contributed by atoms with E-state index in [0.29, 0.717) is 18.7 Å². The molecule has 0 aliphatic rings. The third-order valence-corrected chi connectivity index (χ3v) is 4.82. The monoisotopic (exact) mass is 451 g/mol. The van der Waals surface area contributed by atoms with Gasteiger partial charge in [-0.25, -0.2) is 0 Å². The first-order valence-electron chi connectivity index (χ1n) is 9.25. The van der Waals surface area contributed by atoms with Crippen LogP contribution in [-0.2, 0) is 17.9 Å². The highest BCUT2D eigenvalue weighted by Crippen LogP contribution is 2.11. The second-order valence-electron chi connectivity index (χ2n) is 6.63. The van der Waals surface area contributed by atoms with Gasteiger partial charge >= 0.3 is 0 Å². The molecule has 0 saturated carbocycles. The van der Waals surface area contributed by atoms with E-state index in [1.165, 1.54) is 0 Å².